The monoisotopic (exact) mass is 538 g/mol. The van der Waals surface area contributed by atoms with Gasteiger partial charge in [0, 0.05) is 19.3 Å². The molecule has 8 heteroatoms. The lowest BCUT2D eigenvalue weighted by atomic mass is 9.99. The van der Waals surface area contributed by atoms with Gasteiger partial charge in [-0.25, -0.2) is 4.98 Å². The molecule has 1 atom stereocenters. The lowest BCUT2D eigenvalue weighted by Gasteiger charge is -2.31. The Labute approximate surface area is 230 Å². The largest absolute Gasteiger partial charge is 0.351 e. The molecule has 1 amide bonds. The molecule has 1 saturated heterocycles. The van der Waals surface area contributed by atoms with Gasteiger partial charge in [0.2, 0.25) is 0 Å². The molecule has 6 nitrogen and oxygen atoms in total. The maximum Gasteiger partial charge on any atom is 0.267 e. The van der Waals surface area contributed by atoms with Crippen LogP contribution in [-0.4, -0.2) is 31.1 Å². The fourth-order valence-electron chi connectivity index (χ4n) is 5.17. The van der Waals surface area contributed by atoms with E-state index in [9.17, 15) is 9.59 Å². The summed E-state index contributed by atoms with van der Waals surface area (Å²) in [5, 5.41) is 0. The summed E-state index contributed by atoms with van der Waals surface area (Å²) in [5.41, 5.74) is 5.27. The Balaban J connectivity index is 1.46. The number of rotatable bonds is 4. The Morgan fingerprint density at radius 3 is 2.53 bits per heavy atom. The number of fused-ring (bicyclic) bond motifs is 2. The number of amides is 1. The molecule has 0 saturated carbocycles. The quantitative estimate of drug-likeness (QED) is 0.252. The van der Waals surface area contributed by atoms with Gasteiger partial charge in [-0.15, -0.1) is 0 Å². The summed E-state index contributed by atoms with van der Waals surface area (Å²) in [6.07, 6.45) is 4.28. The van der Waals surface area contributed by atoms with E-state index in [0.29, 0.717) is 32.8 Å². The summed E-state index contributed by atoms with van der Waals surface area (Å²) in [4.78, 5) is 36.7. The molecule has 2 aliphatic rings. The van der Waals surface area contributed by atoms with Gasteiger partial charge in [0.1, 0.15) is 15.8 Å². The molecule has 38 heavy (non-hydrogen) atoms. The van der Waals surface area contributed by atoms with Crippen LogP contribution in [0, 0.1) is 6.92 Å². The minimum absolute atomic E-state index is 0.194. The van der Waals surface area contributed by atoms with E-state index < -0.39 is 0 Å². The van der Waals surface area contributed by atoms with Crippen molar-refractivity contribution in [1.29, 1.82) is 0 Å². The van der Waals surface area contributed by atoms with Crippen molar-refractivity contribution in [2.24, 2.45) is 0 Å². The molecule has 2 aliphatic heterocycles. The number of pyridine rings is 1. The van der Waals surface area contributed by atoms with Crippen molar-refractivity contribution in [2.45, 2.75) is 32.9 Å². The van der Waals surface area contributed by atoms with Gasteiger partial charge in [-0.1, -0.05) is 84.6 Å². The van der Waals surface area contributed by atoms with Gasteiger partial charge >= 0.3 is 0 Å². The zero-order valence-electron chi connectivity index (χ0n) is 21.1. The van der Waals surface area contributed by atoms with Gasteiger partial charge in [-0.2, -0.15) is 0 Å². The molecular formula is C30H26N4O2S2. The van der Waals surface area contributed by atoms with Crippen molar-refractivity contribution in [1.82, 2.24) is 14.3 Å². The van der Waals surface area contributed by atoms with Gasteiger partial charge in [-0.3, -0.25) is 18.9 Å². The molecule has 4 heterocycles. The number of nitrogens with zero attached hydrogens (tertiary/aromatic N) is 4. The van der Waals surface area contributed by atoms with Gasteiger partial charge in [0.15, 0.2) is 0 Å². The summed E-state index contributed by atoms with van der Waals surface area (Å²) in [6.45, 7) is 5.30. The second-order valence-corrected chi connectivity index (χ2v) is 11.3. The molecule has 4 aromatic rings. The third-order valence-corrected chi connectivity index (χ3v) is 8.59. The predicted molar refractivity (Wildman–Crippen MR) is 157 cm³/mol. The number of aromatic nitrogens is 2. The van der Waals surface area contributed by atoms with Gasteiger partial charge in [0.05, 0.1) is 16.5 Å². The Bertz CT molecular complexity index is 1680. The molecule has 190 valence electrons. The van der Waals surface area contributed by atoms with E-state index in [1.807, 2.05) is 62.4 Å². The fraction of sp³-hybridized carbons (Fsp3) is 0.200. The molecule has 0 radical (unpaired) electrons. The maximum absolute atomic E-state index is 13.9. The summed E-state index contributed by atoms with van der Waals surface area (Å²) in [6, 6.07) is 21.8. The van der Waals surface area contributed by atoms with Crippen LogP contribution in [0.1, 0.15) is 40.8 Å². The average Bonchev–Trinajstić information content (AvgIpc) is 3.22. The zero-order chi connectivity index (χ0) is 26.4. The van der Waals surface area contributed by atoms with Crippen LogP contribution in [0.25, 0.3) is 11.7 Å². The third kappa shape index (κ3) is 4.23. The van der Waals surface area contributed by atoms with Crippen molar-refractivity contribution in [3.8, 4) is 0 Å². The first kappa shape index (κ1) is 24.6. The average molecular weight is 539 g/mol. The molecular weight excluding hydrogens is 512 g/mol. The number of thiocarbonyl (C=S) groups is 1. The standard InChI is InChI=1S/C30H26N4O2S2/c1-19-9-8-15-33-26(19)31-27(32-16-14-22-12-6-7-13-23(22)18-32)24(28(33)35)17-25-29(36)34(30(37)38-25)20(2)21-10-4-3-5-11-21/h3-13,15,17,20H,14,16,18H2,1-2H3/b25-17-. The van der Waals surface area contributed by atoms with Crippen molar-refractivity contribution < 1.29 is 4.79 Å². The van der Waals surface area contributed by atoms with Crippen LogP contribution in [-0.2, 0) is 17.8 Å². The van der Waals surface area contributed by atoms with Crippen molar-refractivity contribution in [3.05, 3.63) is 116 Å². The number of anilines is 1. The van der Waals surface area contributed by atoms with E-state index in [1.165, 1.54) is 22.9 Å². The number of hydrogen-bond acceptors (Lipinski definition) is 6. The molecule has 1 unspecified atom stereocenters. The van der Waals surface area contributed by atoms with Gasteiger partial charge in [0.25, 0.3) is 11.5 Å². The number of thioether (sulfide) groups is 1. The summed E-state index contributed by atoms with van der Waals surface area (Å²) >= 11 is 6.87. The Morgan fingerprint density at radius 1 is 1.00 bits per heavy atom. The van der Waals surface area contributed by atoms with Gasteiger partial charge in [-0.05, 0) is 54.7 Å². The lowest BCUT2D eigenvalue weighted by Crippen LogP contribution is -2.34. The topological polar surface area (TPSA) is 57.9 Å². The van der Waals surface area contributed by atoms with Gasteiger partial charge < -0.3 is 4.90 Å². The van der Waals surface area contributed by atoms with Crippen LogP contribution in [0.4, 0.5) is 5.82 Å². The van der Waals surface area contributed by atoms with Crippen LogP contribution in [0.2, 0.25) is 0 Å². The van der Waals surface area contributed by atoms with E-state index in [-0.39, 0.29) is 17.5 Å². The first-order valence-corrected chi connectivity index (χ1v) is 13.8. The third-order valence-electron chi connectivity index (χ3n) is 7.26. The van der Waals surface area contributed by atoms with Crippen molar-refractivity contribution in [3.63, 3.8) is 0 Å². The van der Waals surface area contributed by atoms with E-state index in [4.69, 9.17) is 17.2 Å². The molecule has 0 spiro atoms. The normalized spacial score (nSPS) is 17.4. The smallest absolute Gasteiger partial charge is 0.267 e. The molecule has 0 N–H and O–H groups in total. The first-order chi connectivity index (χ1) is 18.4. The Hall–Kier alpha value is -3.75. The van der Waals surface area contributed by atoms with Crippen LogP contribution in [0.5, 0.6) is 0 Å². The molecule has 2 aromatic carbocycles. The maximum atomic E-state index is 13.9. The number of hydrogen-bond donors (Lipinski definition) is 0. The second kappa shape index (κ2) is 9.85. The predicted octanol–water partition coefficient (Wildman–Crippen LogP) is 5.53. The number of carbonyl (C=O) groups is 1. The van der Waals surface area contributed by atoms with Crippen LogP contribution in [0.3, 0.4) is 0 Å². The molecule has 2 aromatic heterocycles. The van der Waals surface area contributed by atoms with Crippen LogP contribution < -0.4 is 10.5 Å². The lowest BCUT2D eigenvalue weighted by molar-refractivity contribution is -0.123. The van der Waals surface area contributed by atoms with E-state index in [0.717, 1.165) is 24.1 Å². The zero-order valence-corrected chi connectivity index (χ0v) is 22.8. The SMILES string of the molecule is Cc1cccn2c(=O)c(/C=C3\SC(=S)N(C(C)c4ccccc4)C3=O)c(N3CCc4ccccc4C3)nc12. The molecule has 1 fully saturated rings. The first-order valence-electron chi connectivity index (χ1n) is 12.6. The summed E-state index contributed by atoms with van der Waals surface area (Å²) in [5.74, 6) is 0.403. The second-order valence-electron chi connectivity index (χ2n) is 9.62. The Kier molecular flexibility index (Phi) is 6.37. The number of benzene rings is 2. The number of aryl methyl sites for hydroxylation is 1. The highest BCUT2D eigenvalue weighted by Crippen LogP contribution is 2.38. The van der Waals surface area contributed by atoms with Crippen molar-refractivity contribution in [2.75, 3.05) is 11.4 Å². The minimum Gasteiger partial charge on any atom is -0.351 e. The van der Waals surface area contributed by atoms with E-state index in [1.54, 1.807) is 21.6 Å². The fourth-order valence-corrected chi connectivity index (χ4v) is 6.57. The van der Waals surface area contributed by atoms with Crippen LogP contribution >= 0.6 is 24.0 Å². The van der Waals surface area contributed by atoms with Crippen molar-refractivity contribution >= 4 is 51.7 Å². The highest BCUT2D eigenvalue weighted by atomic mass is 32.2. The Morgan fingerprint density at radius 2 is 1.74 bits per heavy atom. The highest BCUT2D eigenvalue weighted by Gasteiger charge is 2.36. The number of carbonyl (C=O) groups excluding carboxylic acids is 1. The molecule has 6 rings (SSSR count). The minimum atomic E-state index is -0.217. The summed E-state index contributed by atoms with van der Waals surface area (Å²) in [7, 11) is 0. The van der Waals surface area contributed by atoms with E-state index >= 15 is 0 Å². The van der Waals surface area contributed by atoms with Crippen LogP contribution in [0.15, 0.2) is 82.6 Å². The highest BCUT2D eigenvalue weighted by molar-refractivity contribution is 8.26. The molecule has 0 aliphatic carbocycles. The summed E-state index contributed by atoms with van der Waals surface area (Å²) < 4.78 is 2.05. The molecule has 0 bridgehead atoms. The van der Waals surface area contributed by atoms with E-state index in [2.05, 4.69) is 23.1 Å².